The number of rotatable bonds is 2. The van der Waals surface area contributed by atoms with E-state index < -0.39 is 0 Å². The van der Waals surface area contributed by atoms with Crippen molar-refractivity contribution in [1.29, 1.82) is 0 Å². The van der Waals surface area contributed by atoms with Crippen LogP contribution in [0.3, 0.4) is 0 Å². The minimum absolute atomic E-state index is 0.577. The molecule has 94 valence electrons. The topological polar surface area (TPSA) is 38.0 Å². The molecule has 0 heterocycles. The van der Waals surface area contributed by atoms with Crippen molar-refractivity contribution in [2.45, 2.75) is 20.8 Å². The Balaban J connectivity index is 2.40. The van der Waals surface area contributed by atoms with Gasteiger partial charge < -0.3 is 11.1 Å². The summed E-state index contributed by atoms with van der Waals surface area (Å²) in [4.78, 5) is 0. The van der Waals surface area contributed by atoms with Crippen LogP contribution in [0.25, 0.3) is 0 Å². The quantitative estimate of drug-likeness (QED) is 0.775. The van der Waals surface area contributed by atoms with Crippen LogP contribution in [0.1, 0.15) is 16.7 Å². The van der Waals surface area contributed by atoms with Crippen molar-refractivity contribution in [3.63, 3.8) is 0 Å². The molecule has 0 aliphatic heterocycles. The molecule has 0 amide bonds. The lowest BCUT2D eigenvalue weighted by molar-refractivity contribution is 1.32. The molecule has 0 spiro atoms. The molecule has 2 aromatic carbocycles. The Morgan fingerprint density at radius 2 is 1.72 bits per heavy atom. The van der Waals surface area contributed by atoms with Crippen molar-refractivity contribution in [2.75, 3.05) is 11.1 Å². The Hall–Kier alpha value is -1.67. The smallest absolute Gasteiger partial charge is 0.0656 e. The van der Waals surface area contributed by atoms with E-state index in [-0.39, 0.29) is 0 Å². The number of aryl methyl sites for hydroxylation is 2. The lowest BCUT2D eigenvalue weighted by atomic mass is 10.1. The molecule has 18 heavy (non-hydrogen) atoms. The van der Waals surface area contributed by atoms with Gasteiger partial charge in [-0.2, -0.15) is 0 Å². The van der Waals surface area contributed by atoms with Gasteiger partial charge >= 0.3 is 0 Å². The minimum Gasteiger partial charge on any atom is -0.398 e. The SMILES string of the molecule is Cc1cc(N)c(Cl)cc1Nc1cccc(C)c1C. The molecule has 0 radical (unpaired) electrons. The van der Waals surface area contributed by atoms with Crippen LogP contribution in [0.5, 0.6) is 0 Å². The highest BCUT2D eigenvalue weighted by Crippen LogP contribution is 2.30. The number of nitrogen functional groups attached to an aromatic ring is 1. The van der Waals surface area contributed by atoms with Crippen molar-refractivity contribution in [3.8, 4) is 0 Å². The van der Waals surface area contributed by atoms with Crippen LogP contribution in [0.4, 0.5) is 17.1 Å². The van der Waals surface area contributed by atoms with E-state index in [4.69, 9.17) is 17.3 Å². The van der Waals surface area contributed by atoms with Crippen molar-refractivity contribution in [3.05, 3.63) is 52.0 Å². The minimum atomic E-state index is 0.577. The Morgan fingerprint density at radius 1 is 1.00 bits per heavy atom. The molecule has 0 bridgehead atoms. The Kier molecular flexibility index (Phi) is 3.48. The third-order valence-electron chi connectivity index (χ3n) is 3.22. The van der Waals surface area contributed by atoms with E-state index in [2.05, 4.69) is 31.3 Å². The normalized spacial score (nSPS) is 10.4. The maximum atomic E-state index is 6.06. The fourth-order valence-corrected chi connectivity index (χ4v) is 2.03. The summed E-state index contributed by atoms with van der Waals surface area (Å²) in [5.74, 6) is 0. The molecule has 0 unspecified atom stereocenters. The number of hydrogen-bond donors (Lipinski definition) is 2. The molecule has 0 fully saturated rings. The van der Waals surface area contributed by atoms with Crippen LogP contribution in [0, 0.1) is 20.8 Å². The summed E-state index contributed by atoms with van der Waals surface area (Å²) in [6.45, 7) is 6.22. The van der Waals surface area contributed by atoms with E-state index >= 15 is 0 Å². The molecule has 3 heteroatoms. The average molecular weight is 261 g/mol. The summed E-state index contributed by atoms with van der Waals surface area (Å²) in [6, 6.07) is 9.96. The van der Waals surface area contributed by atoms with Gasteiger partial charge in [0.25, 0.3) is 0 Å². The highest BCUT2D eigenvalue weighted by Gasteiger charge is 2.06. The highest BCUT2D eigenvalue weighted by molar-refractivity contribution is 6.33. The van der Waals surface area contributed by atoms with Gasteiger partial charge in [-0.1, -0.05) is 23.7 Å². The molecule has 2 rings (SSSR count). The first-order valence-corrected chi connectivity index (χ1v) is 6.25. The van der Waals surface area contributed by atoms with Crippen molar-refractivity contribution in [1.82, 2.24) is 0 Å². The number of nitrogens with two attached hydrogens (primary N) is 1. The van der Waals surface area contributed by atoms with Gasteiger partial charge in [-0.05, 0) is 55.7 Å². The zero-order valence-corrected chi connectivity index (χ0v) is 11.6. The summed E-state index contributed by atoms with van der Waals surface area (Å²) < 4.78 is 0. The van der Waals surface area contributed by atoms with Gasteiger partial charge in [0, 0.05) is 11.4 Å². The maximum absolute atomic E-state index is 6.06. The summed E-state index contributed by atoms with van der Waals surface area (Å²) in [5, 5.41) is 3.99. The Labute approximate surface area is 113 Å². The third-order valence-corrected chi connectivity index (χ3v) is 3.54. The van der Waals surface area contributed by atoms with E-state index in [9.17, 15) is 0 Å². The van der Waals surface area contributed by atoms with Crippen molar-refractivity contribution < 1.29 is 0 Å². The first-order chi connectivity index (χ1) is 8.49. The molecule has 0 aliphatic carbocycles. The zero-order valence-electron chi connectivity index (χ0n) is 10.8. The second-order valence-corrected chi connectivity index (χ2v) is 4.97. The van der Waals surface area contributed by atoms with Gasteiger partial charge in [0.2, 0.25) is 0 Å². The molecule has 2 nitrogen and oxygen atoms in total. The van der Waals surface area contributed by atoms with E-state index in [1.54, 1.807) is 0 Å². The molecule has 3 N–H and O–H groups in total. The van der Waals surface area contributed by atoms with Crippen molar-refractivity contribution in [2.24, 2.45) is 0 Å². The second-order valence-electron chi connectivity index (χ2n) is 4.56. The monoisotopic (exact) mass is 260 g/mol. The second kappa shape index (κ2) is 4.91. The predicted octanol–water partition coefficient (Wildman–Crippen LogP) is 4.59. The fraction of sp³-hybridized carbons (Fsp3) is 0.200. The molecule has 2 aromatic rings. The average Bonchev–Trinajstić information content (AvgIpc) is 2.32. The number of benzene rings is 2. The molecular formula is C15H17ClN2. The van der Waals surface area contributed by atoms with Gasteiger partial charge in [-0.3, -0.25) is 0 Å². The standard InChI is InChI=1S/C15H17ClN2/c1-9-5-4-6-14(11(9)3)18-15-8-12(16)13(17)7-10(15)2/h4-8,18H,17H2,1-3H3. The number of hydrogen-bond acceptors (Lipinski definition) is 2. The fourth-order valence-electron chi connectivity index (χ4n) is 1.87. The Morgan fingerprint density at radius 3 is 2.44 bits per heavy atom. The molecule has 0 saturated carbocycles. The van der Waals surface area contributed by atoms with Crippen LogP contribution < -0.4 is 11.1 Å². The van der Waals surface area contributed by atoms with Gasteiger partial charge in [-0.25, -0.2) is 0 Å². The lowest BCUT2D eigenvalue weighted by Gasteiger charge is -2.14. The number of halogens is 1. The van der Waals surface area contributed by atoms with Gasteiger partial charge in [0.1, 0.15) is 0 Å². The molecule has 0 saturated heterocycles. The number of nitrogens with one attached hydrogen (secondary N) is 1. The van der Waals surface area contributed by atoms with Gasteiger partial charge in [0.05, 0.1) is 10.7 Å². The molecule has 0 atom stereocenters. The van der Waals surface area contributed by atoms with Crippen LogP contribution in [-0.4, -0.2) is 0 Å². The Bertz CT molecular complexity index is 591. The lowest BCUT2D eigenvalue weighted by Crippen LogP contribution is -1.98. The predicted molar refractivity (Wildman–Crippen MR) is 79.8 cm³/mol. The third kappa shape index (κ3) is 2.44. The highest BCUT2D eigenvalue weighted by atomic mass is 35.5. The largest absolute Gasteiger partial charge is 0.398 e. The maximum Gasteiger partial charge on any atom is 0.0656 e. The molecular weight excluding hydrogens is 244 g/mol. The van der Waals surface area contributed by atoms with Gasteiger partial charge in [-0.15, -0.1) is 0 Å². The molecule has 0 aromatic heterocycles. The first kappa shape index (κ1) is 12.8. The summed E-state index contributed by atoms with van der Waals surface area (Å²) in [7, 11) is 0. The summed E-state index contributed by atoms with van der Waals surface area (Å²) in [6.07, 6.45) is 0. The van der Waals surface area contributed by atoms with Crippen molar-refractivity contribution >= 4 is 28.7 Å². The van der Waals surface area contributed by atoms with Crippen LogP contribution >= 0.6 is 11.6 Å². The van der Waals surface area contributed by atoms with Crippen LogP contribution in [0.15, 0.2) is 30.3 Å². The summed E-state index contributed by atoms with van der Waals surface area (Å²) >= 11 is 6.06. The van der Waals surface area contributed by atoms with Gasteiger partial charge in [0.15, 0.2) is 0 Å². The number of anilines is 3. The van der Waals surface area contributed by atoms with Crippen LogP contribution in [-0.2, 0) is 0 Å². The van der Waals surface area contributed by atoms with Crippen LogP contribution in [0.2, 0.25) is 5.02 Å². The zero-order chi connectivity index (χ0) is 13.3. The summed E-state index contributed by atoms with van der Waals surface area (Å²) in [5.41, 5.74) is 12.1. The molecule has 0 aliphatic rings. The first-order valence-electron chi connectivity index (χ1n) is 5.88. The van der Waals surface area contributed by atoms with E-state index in [1.165, 1.54) is 11.1 Å². The van der Waals surface area contributed by atoms with E-state index in [1.807, 2.05) is 25.1 Å². The van der Waals surface area contributed by atoms with E-state index in [0.717, 1.165) is 16.9 Å². The van der Waals surface area contributed by atoms with E-state index in [0.29, 0.717) is 10.7 Å².